The number of nitriles is 1. The van der Waals surface area contributed by atoms with Crippen molar-refractivity contribution in [2.75, 3.05) is 47.0 Å². The van der Waals surface area contributed by atoms with Gasteiger partial charge in [0.1, 0.15) is 24.0 Å². The molecule has 0 radical (unpaired) electrons. The molecule has 7 aliphatic rings. The summed E-state index contributed by atoms with van der Waals surface area (Å²) in [4.78, 5) is 57.3. The summed E-state index contributed by atoms with van der Waals surface area (Å²) in [5.41, 5.74) is -1.17. The fourth-order valence-corrected chi connectivity index (χ4v) is 12.5. The molecular formula is C47H46F6N4O13S. The number of rotatable bonds is 5. The quantitative estimate of drug-likeness (QED) is 0.120. The number of carbonyl (C=O) groups is 4. The molecular weight excluding hydrogens is 975 g/mol. The molecule has 1 N–H and O–H groups in total. The lowest BCUT2D eigenvalue weighted by Crippen LogP contribution is -2.69. The zero-order valence-electron chi connectivity index (χ0n) is 39.3. The summed E-state index contributed by atoms with van der Waals surface area (Å²) in [6.45, 7) is 6.95. The molecule has 0 aromatic heterocycles. The van der Waals surface area contributed by atoms with E-state index in [4.69, 9.17) is 42.6 Å². The number of alkyl halides is 6. The number of hydrogen-bond donors (Lipinski definition) is 1. The van der Waals surface area contributed by atoms with Crippen LogP contribution in [0.1, 0.15) is 82.6 Å². The number of methoxy groups -OCH3 is 2. The number of nitrogens with zero attached hydrogens (tertiary/aromatic N) is 3. The lowest BCUT2D eigenvalue weighted by Gasteiger charge is -2.62. The number of nitrogens with one attached hydrogen (secondary N) is 1. The molecule has 7 aliphatic heterocycles. The van der Waals surface area contributed by atoms with Gasteiger partial charge in [-0.05, 0) is 88.9 Å². The molecule has 3 aromatic rings. The van der Waals surface area contributed by atoms with Gasteiger partial charge in [0, 0.05) is 46.6 Å². The van der Waals surface area contributed by atoms with Crippen LogP contribution in [0.4, 0.5) is 31.1 Å². The first-order valence-electron chi connectivity index (χ1n) is 22.1. The Hall–Kier alpha value is -6.16. The third kappa shape index (κ3) is 8.17. The number of piperazine rings is 1. The Bertz CT molecular complexity index is 2810. The molecule has 10 rings (SSSR count). The molecule has 2 saturated heterocycles. The highest BCUT2D eigenvalue weighted by Gasteiger charge is 2.62. The molecule has 380 valence electrons. The van der Waals surface area contributed by atoms with Crippen LogP contribution < -0.4 is 38.5 Å². The van der Waals surface area contributed by atoms with E-state index in [-0.39, 0.29) is 76.1 Å². The zero-order chi connectivity index (χ0) is 51.4. The summed E-state index contributed by atoms with van der Waals surface area (Å²) in [7, 11) is 4.12. The second-order valence-corrected chi connectivity index (χ2v) is 19.9. The number of benzene rings is 3. The van der Waals surface area contributed by atoms with Crippen molar-refractivity contribution in [2.24, 2.45) is 0 Å². The first-order valence-corrected chi connectivity index (χ1v) is 23.2. The van der Waals surface area contributed by atoms with Crippen molar-refractivity contribution in [3.05, 3.63) is 62.7 Å². The molecule has 0 amide bonds. The Balaban J connectivity index is 1.30. The van der Waals surface area contributed by atoms with Crippen molar-refractivity contribution in [3.63, 3.8) is 0 Å². The van der Waals surface area contributed by atoms with Crippen LogP contribution in [0.3, 0.4) is 0 Å². The minimum Gasteiger partial charge on any atom is -0.493 e. The van der Waals surface area contributed by atoms with E-state index in [0.29, 0.717) is 22.3 Å². The van der Waals surface area contributed by atoms with Gasteiger partial charge in [0.2, 0.25) is 6.79 Å². The summed E-state index contributed by atoms with van der Waals surface area (Å²) in [6, 6.07) is 1.48. The summed E-state index contributed by atoms with van der Waals surface area (Å²) in [6.07, 6.45) is -11.7. The number of ether oxygens (including phenoxy) is 9. The van der Waals surface area contributed by atoms with Crippen LogP contribution in [0.5, 0.6) is 40.2 Å². The van der Waals surface area contributed by atoms with Crippen molar-refractivity contribution in [1.29, 1.82) is 5.26 Å². The second-order valence-electron chi connectivity index (χ2n) is 18.8. The highest BCUT2D eigenvalue weighted by atomic mass is 32.2. The van der Waals surface area contributed by atoms with Gasteiger partial charge in [-0.15, -0.1) is 11.8 Å². The predicted octanol–water partition coefficient (Wildman–Crippen LogP) is 6.90. The maximum Gasteiger partial charge on any atom is 0.514 e. The Morgan fingerprint density at radius 1 is 0.859 bits per heavy atom. The third-order valence-corrected chi connectivity index (χ3v) is 15.1. The van der Waals surface area contributed by atoms with Gasteiger partial charge in [-0.2, -0.15) is 31.6 Å². The molecule has 2 fully saturated rings. The maximum atomic E-state index is 15.1. The SMILES string of the molecule is COc1cc2c(cc1OC(=O)OC(C)(C)C)CCN[C@]21CS[C@@H]2c3c(OC(=O)C(F)(F)F)c(C)c4c(c3[C@H](COC1=O)N1C2[C@@H]2c3c(cc(C)c(OC)c3OC(=O)C(F)(F)F)C[C@@H]([C@@H]1C#N)N2C)OCO4. The van der Waals surface area contributed by atoms with Crippen LogP contribution in [-0.2, 0) is 42.2 Å². The normalized spacial score (nSPS) is 25.6. The van der Waals surface area contributed by atoms with E-state index < -0.39 is 108 Å². The van der Waals surface area contributed by atoms with Crippen molar-refractivity contribution < 1.29 is 88.2 Å². The average Bonchev–Trinajstić information content (AvgIpc) is 3.78. The van der Waals surface area contributed by atoms with Crippen molar-refractivity contribution in [1.82, 2.24) is 15.1 Å². The Morgan fingerprint density at radius 3 is 2.17 bits per heavy atom. The molecule has 1 unspecified atom stereocenters. The number of esters is 3. The number of thioether (sulfide) groups is 1. The van der Waals surface area contributed by atoms with Crippen LogP contribution >= 0.6 is 11.8 Å². The van der Waals surface area contributed by atoms with E-state index in [0.717, 1.165) is 11.8 Å². The number of fused-ring (bicyclic) bond motifs is 9. The first kappa shape index (κ1) is 49.8. The predicted molar refractivity (Wildman–Crippen MR) is 234 cm³/mol. The lowest BCUT2D eigenvalue weighted by atomic mass is 9.71. The molecule has 17 nitrogen and oxygen atoms in total. The van der Waals surface area contributed by atoms with E-state index in [1.165, 1.54) is 33.3 Å². The Morgan fingerprint density at radius 2 is 1.54 bits per heavy atom. The number of likely N-dealkylation sites (N-methyl/N-ethyl adjacent to an activating group) is 1. The van der Waals surface area contributed by atoms with Gasteiger partial charge in [-0.1, -0.05) is 6.07 Å². The first-order chi connectivity index (χ1) is 33.3. The zero-order valence-corrected chi connectivity index (χ0v) is 40.1. The van der Waals surface area contributed by atoms with Crippen LogP contribution in [0.2, 0.25) is 0 Å². The van der Waals surface area contributed by atoms with Crippen molar-refractivity contribution >= 4 is 35.8 Å². The number of hydrogen-bond acceptors (Lipinski definition) is 18. The molecule has 71 heavy (non-hydrogen) atoms. The maximum absolute atomic E-state index is 15.1. The molecule has 3 aromatic carbocycles. The Kier molecular flexibility index (Phi) is 12.3. The lowest BCUT2D eigenvalue weighted by molar-refractivity contribution is -0.190. The number of halogens is 6. The molecule has 4 bridgehead atoms. The van der Waals surface area contributed by atoms with Crippen LogP contribution in [-0.4, -0.2) is 117 Å². The van der Waals surface area contributed by atoms with E-state index in [1.807, 2.05) is 0 Å². The second kappa shape index (κ2) is 17.6. The molecule has 0 saturated carbocycles. The largest absolute Gasteiger partial charge is 0.514 e. The summed E-state index contributed by atoms with van der Waals surface area (Å²) >= 11 is 0.992. The van der Waals surface area contributed by atoms with E-state index in [2.05, 4.69) is 11.4 Å². The molecule has 24 heteroatoms. The fraction of sp³-hybridized carbons (Fsp3) is 0.511. The van der Waals surface area contributed by atoms with Crippen LogP contribution in [0.15, 0.2) is 18.2 Å². The minimum absolute atomic E-state index is 0.0103. The van der Waals surface area contributed by atoms with Crippen molar-refractivity contribution in [3.8, 4) is 46.3 Å². The van der Waals surface area contributed by atoms with Gasteiger partial charge in [-0.3, -0.25) is 15.1 Å². The van der Waals surface area contributed by atoms with Gasteiger partial charge in [0.05, 0.1) is 37.6 Å². The average molecular weight is 1020 g/mol. The highest BCUT2D eigenvalue weighted by molar-refractivity contribution is 7.99. The van der Waals surface area contributed by atoms with Gasteiger partial charge in [0.25, 0.3) is 0 Å². The molecule has 0 aliphatic carbocycles. The van der Waals surface area contributed by atoms with Crippen LogP contribution in [0.25, 0.3) is 0 Å². The van der Waals surface area contributed by atoms with Gasteiger partial charge < -0.3 is 42.6 Å². The topological polar surface area (TPSA) is 194 Å². The summed E-state index contributed by atoms with van der Waals surface area (Å²) < 4.78 is 136. The van der Waals surface area contributed by atoms with E-state index in [9.17, 15) is 46.0 Å². The van der Waals surface area contributed by atoms with E-state index in [1.54, 1.807) is 50.6 Å². The standard InChI is InChI=1S/C47H46F6N4O13S/c1-19-11-22-12-24-25(15-54)57-26-16-64-40(58)45(23-14-27(62-7)28(13-21(23)9-10-55-45)67-43(61)70-44(3,4)5)17-71-39(31-30(26)37-36(65-18-66-37)20(2)35(31)68-41(59)46(48,49)50)33(57)32(56(24)6)29(22)38(34(19)63-8)69-42(60)47(51,52)53/h11,13-14,24-26,32-33,39,55H,9-10,12,16-18H2,1-8H3/t24-,25-,26-,32-,33?,39+,45+/m0/s1. The smallest absolute Gasteiger partial charge is 0.493 e. The fourth-order valence-electron chi connectivity index (χ4n) is 10.8. The summed E-state index contributed by atoms with van der Waals surface area (Å²) in [5.74, 6) is -7.70. The van der Waals surface area contributed by atoms with Gasteiger partial charge in [0.15, 0.2) is 40.0 Å². The molecule has 1 spiro atoms. The number of aryl methyl sites for hydroxylation is 1. The molecule has 7 heterocycles. The monoisotopic (exact) mass is 1020 g/mol. The van der Waals surface area contributed by atoms with Crippen LogP contribution in [0, 0.1) is 25.2 Å². The molecule has 7 atom stereocenters. The Labute approximate surface area is 405 Å². The highest BCUT2D eigenvalue weighted by Crippen LogP contribution is 2.65. The third-order valence-electron chi connectivity index (χ3n) is 13.6. The van der Waals surface area contributed by atoms with E-state index >= 15 is 4.79 Å². The van der Waals surface area contributed by atoms with Gasteiger partial charge in [-0.25, -0.2) is 19.2 Å². The minimum atomic E-state index is -5.51. The summed E-state index contributed by atoms with van der Waals surface area (Å²) in [5, 5.41) is 13.3. The number of carbonyl (C=O) groups excluding carboxylic acids is 4. The van der Waals surface area contributed by atoms with Gasteiger partial charge >= 0.3 is 36.4 Å². The van der Waals surface area contributed by atoms with Crippen molar-refractivity contribution in [2.45, 2.75) is 106 Å².